The summed E-state index contributed by atoms with van der Waals surface area (Å²) in [5.74, 6) is 0.783. The van der Waals surface area contributed by atoms with Crippen molar-refractivity contribution in [2.45, 2.75) is 24.7 Å². The molecule has 35 heavy (non-hydrogen) atoms. The molecule has 0 saturated carbocycles. The summed E-state index contributed by atoms with van der Waals surface area (Å²) >= 11 is 6.29. The molecular weight excluding hydrogens is 496 g/mol. The van der Waals surface area contributed by atoms with Crippen LogP contribution in [0.1, 0.15) is 18.7 Å². The lowest BCUT2D eigenvalue weighted by atomic mass is 9.98. The zero-order valence-corrected chi connectivity index (χ0v) is 21.0. The van der Waals surface area contributed by atoms with Gasteiger partial charge in [0, 0.05) is 31.6 Å². The molecule has 2 aromatic carbocycles. The average molecular weight is 521 g/mol. The Morgan fingerprint density at radius 1 is 1.20 bits per heavy atom. The number of halogens is 1. The van der Waals surface area contributed by atoms with E-state index in [2.05, 4.69) is 15.5 Å². The first-order chi connectivity index (χ1) is 16.7. The number of anilines is 1. The van der Waals surface area contributed by atoms with Crippen LogP contribution in [0, 0.1) is 12.8 Å². The Hall–Kier alpha value is -3.15. The number of amides is 1. The van der Waals surface area contributed by atoms with Gasteiger partial charge >= 0.3 is 0 Å². The SMILES string of the molecule is COc1ccc(OC)c(NC(=O)[C@@H]2CCCN(S(=O)(=O)c3cc(-c4noc(C)n4)ccc3Cl)C2)c1. The highest BCUT2D eigenvalue weighted by Crippen LogP contribution is 2.33. The van der Waals surface area contributed by atoms with Gasteiger partial charge in [0.1, 0.15) is 16.4 Å². The monoisotopic (exact) mass is 520 g/mol. The number of sulfonamides is 1. The number of methoxy groups -OCH3 is 2. The zero-order valence-electron chi connectivity index (χ0n) is 19.4. The Balaban J connectivity index is 1.55. The number of rotatable bonds is 7. The summed E-state index contributed by atoms with van der Waals surface area (Å²) in [4.78, 5) is 17.1. The molecule has 1 aromatic heterocycles. The molecule has 3 aromatic rings. The number of aromatic nitrogens is 2. The molecule has 4 rings (SSSR count). The molecule has 1 amide bonds. The topological polar surface area (TPSA) is 124 Å². The smallest absolute Gasteiger partial charge is 0.244 e. The van der Waals surface area contributed by atoms with Gasteiger partial charge in [-0.2, -0.15) is 9.29 Å². The number of piperidine rings is 1. The van der Waals surface area contributed by atoms with E-state index in [1.165, 1.54) is 30.7 Å². The lowest BCUT2D eigenvalue weighted by Gasteiger charge is -2.31. The second-order valence-electron chi connectivity index (χ2n) is 8.04. The number of hydrogen-bond donors (Lipinski definition) is 1. The summed E-state index contributed by atoms with van der Waals surface area (Å²) in [5.41, 5.74) is 0.907. The first kappa shape index (κ1) is 25.0. The molecule has 12 heteroatoms. The highest BCUT2D eigenvalue weighted by molar-refractivity contribution is 7.89. The third kappa shape index (κ3) is 5.26. The van der Waals surface area contributed by atoms with Crippen LogP contribution >= 0.6 is 11.6 Å². The van der Waals surface area contributed by atoms with Crippen LogP contribution in [0.15, 0.2) is 45.8 Å². The maximum atomic E-state index is 13.5. The van der Waals surface area contributed by atoms with E-state index in [9.17, 15) is 13.2 Å². The van der Waals surface area contributed by atoms with Crippen LogP contribution in [0.2, 0.25) is 5.02 Å². The number of carbonyl (C=O) groups is 1. The van der Waals surface area contributed by atoms with Crippen molar-refractivity contribution in [3.8, 4) is 22.9 Å². The van der Waals surface area contributed by atoms with Crippen molar-refractivity contribution in [3.63, 3.8) is 0 Å². The second kappa shape index (κ2) is 10.2. The average Bonchev–Trinajstić information content (AvgIpc) is 3.30. The Labute approximate surface area is 208 Å². The molecule has 1 aliphatic heterocycles. The van der Waals surface area contributed by atoms with Crippen LogP contribution in [0.3, 0.4) is 0 Å². The molecule has 1 saturated heterocycles. The molecule has 0 unspecified atom stereocenters. The molecule has 1 atom stereocenters. The predicted octanol–water partition coefficient (Wildman–Crippen LogP) is 3.76. The van der Waals surface area contributed by atoms with Crippen molar-refractivity contribution in [1.29, 1.82) is 0 Å². The van der Waals surface area contributed by atoms with E-state index in [-0.39, 0.29) is 34.7 Å². The predicted molar refractivity (Wildman–Crippen MR) is 129 cm³/mol. The summed E-state index contributed by atoms with van der Waals surface area (Å²) in [5, 5.41) is 6.76. The van der Waals surface area contributed by atoms with Gasteiger partial charge in [-0.05, 0) is 43.2 Å². The van der Waals surface area contributed by atoms with Gasteiger partial charge in [0.25, 0.3) is 0 Å². The summed E-state index contributed by atoms with van der Waals surface area (Å²) in [6.45, 7) is 1.93. The lowest BCUT2D eigenvalue weighted by Crippen LogP contribution is -2.43. The van der Waals surface area contributed by atoms with Gasteiger partial charge in [-0.25, -0.2) is 8.42 Å². The maximum Gasteiger partial charge on any atom is 0.244 e. The lowest BCUT2D eigenvalue weighted by molar-refractivity contribution is -0.120. The fourth-order valence-corrected chi connectivity index (χ4v) is 5.94. The molecule has 186 valence electrons. The van der Waals surface area contributed by atoms with Gasteiger partial charge in [-0.3, -0.25) is 4.79 Å². The first-order valence-corrected chi connectivity index (χ1v) is 12.7. The standard InChI is InChI=1S/C23H25ClN4O6S/c1-14-25-22(27-34-14)15-6-8-18(24)21(11-15)35(30,31)28-10-4-5-16(13-28)23(29)26-19-12-17(32-2)7-9-20(19)33-3/h6-9,11-12,16H,4-5,10,13H2,1-3H3,(H,26,29)/t16-/m1/s1. The highest BCUT2D eigenvalue weighted by Gasteiger charge is 2.35. The third-order valence-electron chi connectivity index (χ3n) is 5.75. The van der Waals surface area contributed by atoms with Gasteiger partial charge in [0.05, 0.1) is 30.8 Å². The van der Waals surface area contributed by atoms with Crippen LogP contribution in [-0.4, -0.2) is 56.1 Å². The van der Waals surface area contributed by atoms with Gasteiger partial charge in [-0.1, -0.05) is 16.8 Å². The Kier molecular flexibility index (Phi) is 7.29. The minimum Gasteiger partial charge on any atom is -0.497 e. The molecule has 10 nitrogen and oxygen atoms in total. The molecule has 1 fully saturated rings. The minimum absolute atomic E-state index is 0.0162. The number of ether oxygens (including phenoxy) is 2. The fraction of sp³-hybridized carbons (Fsp3) is 0.348. The summed E-state index contributed by atoms with van der Waals surface area (Å²) in [6.07, 6.45) is 1.06. The van der Waals surface area contributed by atoms with E-state index in [4.69, 9.17) is 25.6 Å². The number of hydrogen-bond acceptors (Lipinski definition) is 8. The molecule has 2 heterocycles. The number of nitrogens with one attached hydrogen (secondary N) is 1. The van der Waals surface area contributed by atoms with Crippen LogP contribution in [-0.2, 0) is 14.8 Å². The number of aryl methyl sites for hydroxylation is 1. The van der Waals surface area contributed by atoms with Gasteiger partial charge < -0.3 is 19.3 Å². The number of nitrogens with zero attached hydrogens (tertiary/aromatic N) is 3. The van der Waals surface area contributed by atoms with Crippen molar-refractivity contribution in [3.05, 3.63) is 47.3 Å². The van der Waals surface area contributed by atoms with Crippen LogP contribution in [0.4, 0.5) is 5.69 Å². The molecule has 0 bridgehead atoms. The van der Waals surface area contributed by atoms with E-state index < -0.39 is 15.9 Å². The van der Waals surface area contributed by atoms with Gasteiger partial charge in [0.2, 0.25) is 27.6 Å². The normalized spacial score (nSPS) is 16.6. The Bertz CT molecular complexity index is 1340. The molecule has 0 spiro atoms. The van der Waals surface area contributed by atoms with Crippen LogP contribution in [0.5, 0.6) is 11.5 Å². The maximum absolute atomic E-state index is 13.5. The largest absolute Gasteiger partial charge is 0.497 e. The summed E-state index contributed by atoms with van der Waals surface area (Å²) < 4.78 is 43.9. The third-order valence-corrected chi connectivity index (χ3v) is 8.10. The van der Waals surface area contributed by atoms with E-state index in [0.29, 0.717) is 41.5 Å². The minimum atomic E-state index is -3.99. The number of carbonyl (C=O) groups excluding carboxylic acids is 1. The van der Waals surface area contributed by atoms with E-state index in [1.807, 2.05) is 0 Å². The van der Waals surface area contributed by atoms with Crippen LogP contribution < -0.4 is 14.8 Å². The van der Waals surface area contributed by atoms with Gasteiger partial charge in [0.15, 0.2) is 0 Å². The molecule has 0 radical (unpaired) electrons. The summed E-state index contributed by atoms with van der Waals surface area (Å²) in [7, 11) is -0.963. The molecule has 1 aliphatic rings. The zero-order chi connectivity index (χ0) is 25.2. The van der Waals surface area contributed by atoms with E-state index >= 15 is 0 Å². The highest BCUT2D eigenvalue weighted by atomic mass is 35.5. The van der Waals surface area contributed by atoms with Crippen LogP contribution in [0.25, 0.3) is 11.4 Å². The quantitative estimate of drug-likeness (QED) is 0.499. The molecule has 0 aliphatic carbocycles. The van der Waals surface area contributed by atoms with Crippen molar-refractivity contribution >= 4 is 33.2 Å². The fourth-order valence-electron chi connectivity index (χ4n) is 3.92. The van der Waals surface area contributed by atoms with E-state index in [1.54, 1.807) is 31.2 Å². The number of benzene rings is 2. The van der Waals surface area contributed by atoms with Crippen molar-refractivity contribution in [1.82, 2.24) is 14.4 Å². The summed E-state index contributed by atoms with van der Waals surface area (Å²) in [6, 6.07) is 9.59. The van der Waals surface area contributed by atoms with E-state index in [0.717, 1.165) is 0 Å². The van der Waals surface area contributed by atoms with Gasteiger partial charge in [-0.15, -0.1) is 0 Å². The molecule has 1 N–H and O–H groups in total. The van der Waals surface area contributed by atoms with Crippen molar-refractivity contribution < 1.29 is 27.2 Å². The molecular formula is C23H25ClN4O6S. The Morgan fingerprint density at radius 3 is 2.69 bits per heavy atom. The van der Waals surface area contributed by atoms with Crippen molar-refractivity contribution in [2.24, 2.45) is 5.92 Å². The Morgan fingerprint density at radius 2 is 2.00 bits per heavy atom. The van der Waals surface area contributed by atoms with Crippen molar-refractivity contribution in [2.75, 3.05) is 32.6 Å². The second-order valence-corrected chi connectivity index (χ2v) is 10.4. The first-order valence-electron chi connectivity index (χ1n) is 10.9.